The van der Waals surface area contributed by atoms with Crippen molar-refractivity contribution in [3.8, 4) is 5.75 Å². The quantitative estimate of drug-likeness (QED) is 0.281. The summed E-state index contributed by atoms with van der Waals surface area (Å²) in [6.07, 6.45) is 4.24. The number of aliphatic hydroxyl groups excluding tert-OH is 1. The fraction of sp³-hybridized carbons (Fsp3) is 0.545. The lowest BCUT2D eigenvalue weighted by molar-refractivity contribution is -0.134. The number of benzene rings is 1. The molecule has 30 heavy (non-hydrogen) atoms. The fourth-order valence-corrected chi connectivity index (χ4v) is 2.24. The third-order valence-corrected chi connectivity index (χ3v) is 4.08. The van der Waals surface area contributed by atoms with E-state index in [1.54, 1.807) is 0 Å². The van der Waals surface area contributed by atoms with Gasteiger partial charge in [-0.2, -0.15) is 0 Å². The summed E-state index contributed by atoms with van der Waals surface area (Å²) in [4.78, 5) is 19.1. The van der Waals surface area contributed by atoms with Crippen LogP contribution in [0.15, 0.2) is 36.4 Å². The van der Waals surface area contributed by atoms with Gasteiger partial charge in [-0.05, 0) is 42.9 Å². The first-order chi connectivity index (χ1) is 14.3. The van der Waals surface area contributed by atoms with Gasteiger partial charge in [0, 0.05) is 31.3 Å². The summed E-state index contributed by atoms with van der Waals surface area (Å²) >= 11 is 0. The Morgan fingerprint density at radius 3 is 2.23 bits per heavy atom. The normalized spacial score (nSPS) is 14.3. The molecule has 0 aliphatic heterocycles. The minimum atomic E-state index is -1.26. The Bertz CT molecular complexity index is 638. The average Bonchev–Trinajstić information content (AvgIpc) is 3.52. The van der Waals surface area contributed by atoms with Gasteiger partial charge in [-0.15, -0.1) is 0 Å². The molecule has 1 aliphatic carbocycles. The number of nitrogens with one attached hydrogen (secondary N) is 1. The van der Waals surface area contributed by atoms with E-state index in [9.17, 15) is 14.7 Å². The number of carbonyl (C=O) groups is 2. The molecule has 168 valence electrons. The number of carboxylic acids is 2. The van der Waals surface area contributed by atoms with Crippen LogP contribution in [0.5, 0.6) is 5.75 Å². The van der Waals surface area contributed by atoms with Crippen molar-refractivity contribution in [1.29, 1.82) is 0 Å². The number of hydrogen-bond acceptors (Lipinski definition) is 6. The van der Waals surface area contributed by atoms with Gasteiger partial charge >= 0.3 is 11.9 Å². The molecule has 1 aliphatic rings. The van der Waals surface area contributed by atoms with Crippen molar-refractivity contribution in [3.05, 3.63) is 42.0 Å². The lowest BCUT2D eigenvalue weighted by Crippen LogP contribution is -2.35. The third kappa shape index (κ3) is 14.6. The van der Waals surface area contributed by atoms with Crippen molar-refractivity contribution in [2.24, 2.45) is 5.92 Å². The van der Waals surface area contributed by atoms with Gasteiger partial charge < -0.3 is 30.1 Å². The lowest BCUT2D eigenvalue weighted by Gasteiger charge is -2.15. The van der Waals surface area contributed by atoms with E-state index in [0.717, 1.165) is 31.3 Å². The monoisotopic (exact) mass is 423 g/mol. The Morgan fingerprint density at radius 1 is 1.13 bits per heavy atom. The first-order valence-electron chi connectivity index (χ1n) is 10.1. The lowest BCUT2D eigenvalue weighted by atomic mass is 10.1. The van der Waals surface area contributed by atoms with Crippen LogP contribution in [0, 0.1) is 5.92 Å². The molecule has 2 rings (SSSR count). The minimum Gasteiger partial charge on any atom is -0.491 e. The molecule has 0 bridgehead atoms. The maximum absolute atomic E-state index is 9.80. The highest BCUT2D eigenvalue weighted by Crippen LogP contribution is 2.28. The van der Waals surface area contributed by atoms with Crippen molar-refractivity contribution >= 4 is 11.9 Å². The zero-order chi connectivity index (χ0) is 22.4. The van der Waals surface area contributed by atoms with Crippen molar-refractivity contribution in [2.75, 3.05) is 26.4 Å². The van der Waals surface area contributed by atoms with Crippen molar-refractivity contribution < 1.29 is 34.4 Å². The molecule has 1 aromatic carbocycles. The molecule has 0 saturated heterocycles. The maximum atomic E-state index is 9.80. The molecule has 8 heteroatoms. The van der Waals surface area contributed by atoms with E-state index in [-0.39, 0.29) is 0 Å². The van der Waals surface area contributed by atoms with E-state index >= 15 is 0 Å². The minimum absolute atomic E-state index is 0.309. The topological polar surface area (TPSA) is 125 Å². The van der Waals surface area contributed by atoms with Crippen LogP contribution in [0.4, 0.5) is 0 Å². The molecule has 1 atom stereocenters. The second-order valence-electron chi connectivity index (χ2n) is 7.45. The molecule has 0 aromatic heterocycles. The Kier molecular flexibility index (Phi) is 12.4. The van der Waals surface area contributed by atoms with Crippen LogP contribution in [-0.2, 0) is 20.7 Å². The van der Waals surface area contributed by atoms with Crippen molar-refractivity contribution in [2.45, 2.75) is 45.3 Å². The predicted molar refractivity (Wildman–Crippen MR) is 113 cm³/mol. The van der Waals surface area contributed by atoms with E-state index < -0.39 is 18.0 Å². The molecule has 0 radical (unpaired) electrons. The largest absolute Gasteiger partial charge is 0.491 e. The zero-order valence-electron chi connectivity index (χ0n) is 17.6. The summed E-state index contributed by atoms with van der Waals surface area (Å²) in [6.45, 7) is 6.68. The Morgan fingerprint density at radius 2 is 1.73 bits per heavy atom. The van der Waals surface area contributed by atoms with E-state index in [2.05, 4.69) is 31.3 Å². The second kappa shape index (κ2) is 14.5. The van der Waals surface area contributed by atoms with Crippen LogP contribution in [0.3, 0.4) is 0 Å². The van der Waals surface area contributed by atoms with Crippen LogP contribution in [0.1, 0.15) is 32.3 Å². The van der Waals surface area contributed by atoms with Crippen LogP contribution in [0.25, 0.3) is 0 Å². The smallest absolute Gasteiger partial charge is 0.328 e. The summed E-state index contributed by atoms with van der Waals surface area (Å²) < 4.78 is 11.2. The highest BCUT2D eigenvalue weighted by atomic mass is 16.5. The van der Waals surface area contributed by atoms with E-state index in [1.165, 1.54) is 18.4 Å². The zero-order valence-corrected chi connectivity index (χ0v) is 17.6. The summed E-state index contributed by atoms with van der Waals surface area (Å²) in [5.74, 6) is -0.890. The maximum Gasteiger partial charge on any atom is 0.328 e. The second-order valence-corrected chi connectivity index (χ2v) is 7.45. The number of aliphatic hydroxyl groups is 1. The van der Waals surface area contributed by atoms with Crippen LogP contribution in [-0.4, -0.2) is 65.8 Å². The first-order valence-corrected chi connectivity index (χ1v) is 10.1. The van der Waals surface area contributed by atoms with Gasteiger partial charge in [-0.25, -0.2) is 9.59 Å². The summed E-state index contributed by atoms with van der Waals surface area (Å²) in [6, 6.07) is 8.41. The SMILES string of the molecule is CC(C)NC[C@H](O)COc1ccc(CCOCC2CC2)cc1.O=C(O)/C=C\C(=O)O. The molecular weight excluding hydrogens is 390 g/mol. The molecule has 0 heterocycles. The number of carboxylic acid groups (broad SMARTS) is 2. The van der Waals surface area contributed by atoms with Gasteiger partial charge in [0.15, 0.2) is 0 Å². The third-order valence-electron chi connectivity index (χ3n) is 4.08. The molecule has 0 unspecified atom stereocenters. The fourth-order valence-electron chi connectivity index (χ4n) is 2.24. The molecule has 1 aromatic rings. The molecule has 8 nitrogen and oxygen atoms in total. The molecular formula is C22H33NO7. The number of aliphatic carboxylic acids is 2. The number of rotatable bonds is 13. The van der Waals surface area contributed by atoms with Gasteiger partial charge in [0.1, 0.15) is 18.5 Å². The number of hydrogen-bond donors (Lipinski definition) is 4. The standard InChI is InChI=1S/C18H29NO3.C4H4O4/c1-14(2)19-11-17(20)13-22-18-7-5-15(6-8-18)9-10-21-12-16-3-4-16;5-3(6)1-2-4(7)8/h5-8,14,16-17,19-20H,3-4,9-13H2,1-2H3;1-2H,(H,5,6)(H,7,8)/b;2-1-/t17-;/m0./s1. The highest BCUT2D eigenvalue weighted by molar-refractivity contribution is 5.89. The summed E-state index contributed by atoms with van der Waals surface area (Å²) in [5, 5.41) is 28.6. The van der Waals surface area contributed by atoms with E-state index in [4.69, 9.17) is 19.7 Å². The molecule has 4 N–H and O–H groups in total. The molecule has 1 saturated carbocycles. The Hall–Kier alpha value is -2.42. The van der Waals surface area contributed by atoms with Crippen LogP contribution >= 0.6 is 0 Å². The Balaban J connectivity index is 0.000000479. The molecule has 0 spiro atoms. The van der Waals surface area contributed by atoms with Gasteiger partial charge in [-0.1, -0.05) is 26.0 Å². The van der Waals surface area contributed by atoms with Crippen molar-refractivity contribution in [1.82, 2.24) is 5.32 Å². The predicted octanol–water partition coefficient (Wildman–Crippen LogP) is 2.11. The highest BCUT2D eigenvalue weighted by Gasteiger charge is 2.20. The molecule has 0 amide bonds. The molecule has 1 fully saturated rings. The van der Waals surface area contributed by atoms with Gasteiger partial charge in [-0.3, -0.25) is 0 Å². The van der Waals surface area contributed by atoms with Gasteiger partial charge in [0.2, 0.25) is 0 Å². The summed E-state index contributed by atoms with van der Waals surface area (Å²) in [7, 11) is 0. The number of ether oxygens (including phenoxy) is 2. The van der Waals surface area contributed by atoms with Gasteiger partial charge in [0.05, 0.1) is 6.61 Å². The van der Waals surface area contributed by atoms with Crippen LogP contribution < -0.4 is 10.1 Å². The average molecular weight is 424 g/mol. The van der Waals surface area contributed by atoms with Gasteiger partial charge in [0.25, 0.3) is 0 Å². The van der Waals surface area contributed by atoms with E-state index in [1.807, 2.05) is 12.1 Å². The van der Waals surface area contributed by atoms with E-state index in [0.29, 0.717) is 31.3 Å². The van der Waals surface area contributed by atoms with Crippen molar-refractivity contribution in [3.63, 3.8) is 0 Å². The summed E-state index contributed by atoms with van der Waals surface area (Å²) in [5.41, 5.74) is 1.25. The van der Waals surface area contributed by atoms with Crippen LogP contribution in [0.2, 0.25) is 0 Å². The first kappa shape index (κ1) is 25.6. The Labute approximate surface area is 177 Å².